The van der Waals surface area contributed by atoms with E-state index in [0.29, 0.717) is 19.4 Å². The highest BCUT2D eigenvalue weighted by atomic mass is 32.2. The van der Waals surface area contributed by atoms with Crippen LogP contribution in [0.25, 0.3) is 0 Å². The van der Waals surface area contributed by atoms with Gasteiger partial charge in [-0.05, 0) is 24.1 Å². The number of imide groups is 1. The van der Waals surface area contributed by atoms with Gasteiger partial charge in [0.2, 0.25) is 0 Å². The molecule has 7 nitrogen and oxygen atoms in total. The van der Waals surface area contributed by atoms with Crippen LogP contribution in [0.2, 0.25) is 0 Å². The summed E-state index contributed by atoms with van der Waals surface area (Å²) in [6.45, 7) is 2.54. The summed E-state index contributed by atoms with van der Waals surface area (Å²) in [4.78, 5) is 29.9. The van der Waals surface area contributed by atoms with Crippen LogP contribution in [0, 0.1) is 0 Å². The van der Waals surface area contributed by atoms with Crippen molar-refractivity contribution < 1.29 is 18.0 Å². The highest BCUT2D eigenvalue weighted by molar-refractivity contribution is 7.91. The molecule has 0 unspecified atom stereocenters. The molecule has 2 aromatic rings. The zero-order valence-corrected chi connectivity index (χ0v) is 18.3. The first-order valence-electron chi connectivity index (χ1n) is 10.5. The van der Waals surface area contributed by atoms with Crippen molar-refractivity contribution in [3.63, 3.8) is 0 Å². The molecule has 0 spiro atoms. The minimum atomic E-state index is -3.06. The number of carbonyl (C=O) groups is 2. The van der Waals surface area contributed by atoms with Gasteiger partial charge in [-0.1, -0.05) is 67.6 Å². The van der Waals surface area contributed by atoms with Crippen molar-refractivity contribution in [2.45, 2.75) is 31.3 Å². The summed E-state index contributed by atoms with van der Waals surface area (Å²) in [5.41, 5.74) is 0.475. The fourth-order valence-corrected chi connectivity index (χ4v) is 6.28. The molecule has 0 bridgehead atoms. The maximum Gasteiger partial charge on any atom is 0.326 e. The highest BCUT2D eigenvalue weighted by Crippen LogP contribution is 2.33. The molecule has 1 N–H and O–H groups in total. The summed E-state index contributed by atoms with van der Waals surface area (Å²) in [6, 6.07) is 18.3. The largest absolute Gasteiger partial charge is 0.326 e. The molecule has 2 aliphatic heterocycles. The SMILES string of the molecule is CCN(CN1C(=O)N[C@@](Cc2ccccc2)(c2ccccc2)C1=O)[C@H]1CCS(=O)(=O)C1. The molecule has 3 amide bonds. The van der Waals surface area contributed by atoms with E-state index in [9.17, 15) is 18.0 Å². The molecular formula is C23H27N3O4S. The normalized spacial score (nSPS) is 25.2. The molecule has 2 heterocycles. The Kier molecular flexibility index (Phi) is 5.85. The fraction of sp³-hybridized carbons (Fsp3) is 0.391. The molecule has 4 rings (SSSR count). The average molecular weight is 442 g/mol. The molecular weight excluding hydrogens is 414 g/mol. The van der Waals surface area contributed by atoms with Crippen LogP contribution in [-0.4, -0.2) is 60.9 Å². The van der Waals surface area contributed by atoms with E-state index in [1.165, 1.54) is 4.90 Å². The molecule has 8 heteroatoms. The van der Waals surface area contributed by atoms with Crippen LogP contribution in [0.5, 0.6) is 0 Å². The number of sulfone groups is 1. The van der Waals surface area contributed by atoms with Crippen molar-refractivity contribution in [1.82, 2.24) is 15.1 Å². The Morgan fingerprint density at radius 1 is 1.06 bits per heavy atom. The van der Waals surface area contributed by atoms with Gasteiger partial charge in [0.15, 0.2) is 15.4 Å². The number of carbonyl (C=O) groups excluding carboxylic acids is 2. The Hall–Kier alpha value is -2.71. The predicted octanol–water partition coefficient (Wildman–Crippen LogP) is 2.14. The lowest BCUT2D eigenvalue weighted by Gasteiger charge is -2.31. The molecule has 0 aliphatic carbocycles. The number of benzene rings is 2. The molecule has 0 radical (unpaired) electrons. The van der Waals surface area contributed by atoms with Gasteiger partial charge in [0.05, 0.1) is 18.2 Å². The van der Waals surface area contributed by atoms with Crippen molar-refractivity contribution in [3.05, 3.63) is 71.8 Å². The Labute approximate surface area is 183 Å². The van der Waals surface area contributed by atoms with Crippen LogP contribution in [0.3, 0.4) is 0 Å². The van der Waals surface area contributed by atoms with Crippen LogP contribution in [0.15, 0.2) is 60.7 Å². The molecule has 2 aromatic carbocycles. The van der Waals surface area contributed by atoms with Crippen molar-refractivity contribution in [2.24, 2.45) is 0 Å². The third kappa shape index (κ3) is 4.22. The molecule has 2 aliphatic rings. The summed E-state index contributed by atoms with van der Waals surface area (Å²) < 4.78 is 23.9. The van der Waals surface area contributed by atoms with Gasteiger partial charge in [-0.25, -0.2) is 18.1 Å². The predicted molar refractivity (Wildman–Crippen MR) is 118 cm³/mol. The van der Waals surface area contributed by atoms with E-state index in [2.05, 4.69) is 5.32 Å². The number of hydrogen-bond acceptors (Lipinski definition) is 5. The highest BCUT2D eigenvalue weighted by Gasteiger charge is 2.53. The second kappa shape index (κ2) is 8.43. The van der Waals surface area contributed by atoms with Gasteiger partial charge in [-0.2, -0.15) is 0 Å². The Bertz CT molecular complexity index is 1060. The van der Waals surface area contributed by atoms with Gasteiger partial charge >= 0.3 is 6.03 Å². The fourth-order valence-electron chi connectivity index (χ4n) is 4.52. The minimum Gasteiger partial charge on any atom is -0.319 e. The minimum absolute atomic E-state index is 0.0678. The third-order valence-electron chi connectivity index (χ3n) is 6.21. The molecule has 0 saturated carbocycles. The summed E-state index contributed by atoms with van der Waals surface area (Å²) in [5, 5.41) is 2.96. The van der Waals surface area contributed by atoms with Gasteiger partial charge in [-0.3, -0.25) is 9.69 Å². The molecule has 31 heavy (non-hydrogen) atoms. The van der Waals surface area contributed by atoms with Crippen molar-refractivity contribution in [3.8, 4) is 0 Å². The number of nitrogens with one attached hydrogen (secondary N) is 1. The average Bonchev–Trinajstić information content (AvgIpc) is 3.24. The van der Waals surface area contributed by atoms with Gasteiger partial charge < -0.3 is 5.32 Å². The van der Waals surface area contributed by atoms with Crippen LogP contribution < -0.4 is 5.32 Å². The standard InChI is InChI=1S/C23H27N3O4S/c1-2-25(20-13-14-31(29,30)16-20)17-26-21(27)23(24-22(26)28,19-11-7-4-8-12-19)15-18-9-5-3-6-10-18/h3-12,20H,2,13-17H2,1H3,(H,24,28)/t20-,23-/m0/s1. The molecule has 164 valence electrons. The second-order valence-corrected chi connectivity index (χ2v) is 10.4. The van der Waals surface area contributed by atoms with Crippen molar-refractivity contribution in [2.75, 3.05) is 24.7 Å². The summed E-state index contributed by atoms with van der Waals surface area (Å²) in [6.07, 6.45) is 0.858. The monoisotopic (exact) mass is 441 g/mol. The smallest absolute Gasteiger partial charge is 0.319 e. The first-order chi connectivity index (χ1) is 14.8. The van der Waals surface area contributed by atoms with E-state index < -0.39 is 21.4 Å². The zero-order valence-electron chi connectivity index (χ0n) is 17.5. The Morgan fingerprint density at radius 2 is 1.71 bits per heavy atom. The first kappa shape index (κ1) is 21.5. The molecule has 2 saturated heterocycles. The maximum absolute atomic E-state index is 13.7. The topological polar surface area (TPSA) is 86.8 Å². The lowest BCUT2D eigenvalue weighted by atomic mass is 9.83. The van der Waals surface area contributed by atoms with Gasteiger partial charge in [0.1, 0.15) is 0 Å². The Morgan fingerprint density at radius 3 is 2.29 bits per heavy atom. The molecule has 2 fully saturated rings. The number of amides is 3. The van der Waals surface area contributed by atoms with Gasteiger partial charge in [-0.15, -0.1) is 0 Å². The van der Waals surface area contributed by atoms with E-state index in [1.54, 1.807) is 0 Å². The number of rotatable bonds is 7. The molecule has 0 aromatic heterocycles. The summed E-state index contributed by atoms with van der Waals surface area (Å²) >= 11 is 0. The van der Waals surface area contributed by atoms with Crippen molar-refractivity contribution in [1.29, 1.82) is 0 Å². The lowest BCUT2D eigenvalue weighted by molar-refractivity contribution is -0.133. The van der Waals surface area contributed by atoms with Crippen LogP contribution in [-0.2, 0) is 26.6 Å². The third-order valence-corrected chi connectivity index (χ3v) is 7.96. The Balaban J connectivity index is 1.64. The summed E-state index contributed by atoms with van der Waals surface area (Å²) in [5.74, 6) is -0.0962. The molecule has 2 atom stereocenters. The quantitative estimate of drug-likeness (QED) is 0.666. The van der Waals surface area contributed by atoms with Gasteiger partial charge in [0.25, 0.3) is 5.91 Å². The van der Waals surface area contributed by atoms with Crippen LogP contribution in [0.4, 0.5) is 4.79 Å². The van der Waals surface area contributed by atoms with E-state index in [0.717, 1.165) is 11.1 Å². The first-order valence-corrected chi connectivity index (χ1v) is 12.3. The number of nitrogens with zero attached hydrogens (tertiary/aromatic N) is 2. The number of urea groups is 1. The van der Waals surface area contributed by atoms with E-state index >= 15 is 0 Å². The van der Waals surface area contributed by atoms with Gasteiger partial charge in [0, 0.05) is 12.5 Å². The summed E-state index contributed by atoms with van der Waals surface area (Å²) in [7, 11) is -3.06. The maximum atomic E-state index is 13.7. The van der Waals surface area contributed by atoms with E-state index in [4.69, 9.17) is 0 Å². The zero-order chi connectivity index (χ0) is 22.1. The van der Waals surface area contributed by atoms with Crippen molar-refractivity contribution >= 4 is 21.8 Å². The lowest BCUT2D eigenvalue weighted by Crippen LogP contribution is -2.49. The van der Waals surface area contributed by atoms with E-state index in [1.807, 2.05) is 72.5 Å². The second-order valence-electron chi connectivity index (χ2n) is 8.20. The van der Waals surface area contributed by atoms with E-state index in [-0.39, 0.29) is 30.1 Å². The van der Waals surface area contributed by atoms with Crippen LogP contribution >= 0.6 is 0 Å². The van der Waals surface area contributed by atoms with Crippen LogP contribution in [0.1, 0.15) is 24.5 Å². The number of hydrogen-bond donors (Lipinski definition) is 1.